The molecule has 0 spiro atoms. The van der Waals surface area contributed by atoms with Crippen molar-refractivity contribution in [2.24, 2.45) is 0 Å². The van der Waals surface area contributed by atoms with E-state index < -0.39 is 5.82 Å². The molecule has 0 aliphatic heterocycles. The molecule has 1 aromatic carbocycles. The number of halogens is 1. The van der Waals surface area contributed by atoms with Crippen LogP contribution in [0.5, 0.6) is 17.4 Å². The third-order valence-corrected chi connectivity index (χ3v) is 2.45. The topological polar surface area (TPSA) is 56.3 Å². The van der Waals surface area contributed by atoms with Gasteiger partial charge in [-0.25, -0.2) is 4.98 Å². The molecular weight excluding hydrogens is 261 g/mol. The van der Waals surface area contributed by atoms with Crippen LogP contribution in [-0.4, -0.2) is 23.6 Å². The summed E-state index contributed by atoms with van der Waals surface area (Å²) in [6.07, 6.45) is 2.00. The van der Waals surface area contributed by atoms with E-state index in [2.05, 4.69) is 15.3 Å². The molecule has 0 saturated carbocycles. The van der Waals surface area contributed by atoms with Crippen LogP contribution in [0.3, 0.4) is 0 Å². The predicted octanol–water partition coefficient (Wildman–Crippen LogP) is 3.24. The normalized spacial score (nSPS) is 10.2. The zero-order valence-corrected chi connectivity index (χ0v) is 11.4. The molecule has 0 bridgehead atoms. The maximum atomic E-state index is 13.5. The maximum Gasteiger partial charge on any atom is 0.260 e. The fourth-order valence-electron chi connectivity index (χ4n) is 1.48. The van der Waals surface area contributed by atoms with E-state index in [0.29, 0.717) is 18.3 Å². The summed E-state index contributed by atoms with van der Waals surface area (Å²) < 4.78 is 24.4. The summed E-state index contributed by atoms with van der Waals surface area (Å²) in [4.78, 5) is 7.66. The van der Waals surface area contributed by atoms with Gasteiger partial charge >= 0.3 is 0 Å². The van der Waals surface area contributed by atoms with Crippen molar-refractivity contribution in [1.29, 1.82) is 0 Å². The van der Waals surface area contributed by atoms with E-state index in [1.165, 1.54) is 0 Å². The maximum absolute atomic E-state index is 13.5. The minimum atomic E-state index is -0.615. The Morgan fingerprint density at radius 1 is 1.20 bits per heavy atom. The Morgan fingerprint density at radius 2 is 1.90 bits per heavy atom. The lowest BCUT2D eigenvalue weighted by molar-refractivity contribution is 0.317. The van der Waals surface area contributed by atoms with E-state index in [1.54, 1.807) is 31.3 Å². The molecule has 2 aromatic rings. The van der Waals surface area contributed by atoms with E-state index in [4.69, 9.17) is 9.47 Å². The number of anilines is 1. The number of benzene rings is 1. The summed E-state index contributed by atoms with van der Waals surface area (Å²) in [6, 6.07) is 6.93. The van der Waals surface area contributed by atoms with Crippen molar-refractivity contribution in [3.63, 3.8) is 0 Å². The first-order valence-electron chi connectivity index (χ1n) is 6.34. The quantitative estimate of drug-likeness (QED) is 0.878. The first-order chi connectivity index (χ1) is 9.72. The van der Waals surface area contributed by atoms with Gasteiger partial charge in [-0.05, 0) is 30.7 Å². The van der Waals surface area contributed by atoms with E-state index in [-0.39, 0.29) is 5.88 Å². The number of nitrogens with one attached hydrogen (secondary N) is 1. The standard InChI is InChI=1S/C14H16FN3O2/c1-3-8-19-10-4-6-11(7-5-10)20-13-12(15)9-17-14(16-2)18-13/h4-7,9H,3,8H2,1-2H3,(H,16,17,18). The van der Waals surface area contributed by atoms with Crippen LogP contribution in [0.2, 0.25) is 0 Å². The molecule has 0 atom stereocenters. The molecule has 0 fully saturated rings. The summed E-state index contributed by atoms with van der Waals surface area (Å²) in [6.45, 7) is 2.70. The smallest absolute Gasteiger partial charge is 0.260 e. The summed E-state index contributed by atoms with van der Waals surface area (Å²) >= 11 is 0. The van der Waals surface area contributed by atoms with E-state index in [0.717, 1.165) is 18.4 Å². The van der Waals surface area contributed by atoms with Gasteiger partial charge in [-0.2, -0.15) is 9.37 Å². The molecule has 1 aromatic heterocycles. The van der Waals surface area contributed by atoms with Crippen molar-refractivity contribution in [3.8, 4) is 17.4 Å². The Hall–Kier alpha value is -2.37. The molecule has 20 heavy (non-hydrogen) atoms. The molecule has 106 valence electrons. The van der Waals surface area contributed by atoms with Gasteiger partial charge in [-0.1, -0.05) is 6.92 Å². The fraction of sp³-hybridized carbons (Fsp3) is 0.286. The van der Waals surface area contributed by atoms with Crippen LogP contribution in [0.15, 0.2) is 30.5 Å². The van der Waals surface area contributed by atoms with Crippen molar-refractivity contribution in [2.45, 2.75) is 13.3 Å². The predicted molar refractivity (Wildman–Crippen MR) is 73.8 cm³/mol. The van der Waals surface area contributed by atoms with Gasteiger partial charge in [0.25, 0.3) is 5.88 Å². The molecule has 0 aliphatic carbocycles. The average molecular weight is 277 g/mol. The van der Waals surface area contributed by atoms with Crippen LogP contribution in [-0.2, 0) is 0 Å². The number of nitrogens with zero attached hydrogens (tertiary/aromatic N) is 2. The van der Waals surface area contributed by atoms with Crippen molar-refractivity contribution in [3.05, 3.63) is 36.3 Å². The first kappa shape index (κ1) is 14.0. The zero-order valence-electron chi connectivity index (χ0n) is 11.4. The van der Waals surface area contributed by atoms with Crippen LogP contribution in [0, 0.1) is 5.82 Å². The highest BCUT2D eigenvalue weighted by Crippen LogP contribution is 2.24. The molecule has 1 N–H and O–H groups in total. The molecule has 0 aliphatic rings. The van der Waals surface area contributed by atoms with Crippen LogP contribution < -0.4 is 14.8 Å². The van der Waals surface area contributed by atoms with E-state index in [1.807, 2.05) is 6.92 Å². The lowest BCUT2D eigenvalue weighted by Gasteiger charge is -2.08. The minimum Gasteiger partial charge on any atom is -0.494 e. The lowest BCUT2D eigenvalue weighted by Crippen LogP contribution is -2.00. The van der Waals surface area contributed by atoms with Gasteiger partial charge in [0.15, 0.2) is 0 Å². The van der Waals surface area contributed by atoms with Crippen LogP contribution in [0.1, 0.15) is 13.3 Å². The number of rotatable bonds is 6. The van der Waals surface area contributed by atoms with Gasteiger partial charge in [0.05, 0.1) is 12.8 Å². The number of hydrogen-bond donors (Lipinski definition) is 1. The van der Waals surface area contributed by atoms with Crippen molar-refractivity contribution in [1.82, 2.24) is 9.97 Å². The third-order valence-electron chi connectivity index (χ3n) is 2.45. The highest BCUT2D eigenvalue weighted by Gasteiger charge is 2.09. The molecule has 0 radical (unpaired) electrons. The Labute approximate surface area is 116 Å². The molecule has 0 saturated heterocycles. The Morgan fingerprint density at radius 3 is 2.55 bits per heavy atom. The van der Waals surface area contributed by atoms with Crippen molar-refractivity contribution >= 4 is 5.95 Å². The van der Waals surface area contributed by atoms with Gasteiger partial charge < -0.3 is 14.8 Å². The van der Waals surface area contributed by atoms with Gasteiger partial charge in [-0.3, -0.25) is 0 Å². The highest BCUT2D eigenvalue weighted by molar-refractivity contribution is 5.35. The summed E-state index contributed by atoms with van der Waals surface area (Å²) in [7, 11) is 1.65. The summed E-state index contributed by atoms with van der Waals surface area (Å²) in [5.41, 5.74) is 0. The number of ether oxygens (including phenoxy) is 2. The van der Waals surface area contributed by atoms with Crippen LogP contribution in [0.4, 0.5) is 10.3 Å². The second kappa shape index (κ2) is 6.70. The lowest BCUT2D eigenvalue weighted by atomic mass is 10.3. The van der Waals surface area contributed by atoms with Gasteiger partial charge in [0, 0.05) is 7.05 Å². The molecule has 5 nitrogen and oxygen atoms in total. The minimum absolute atomic E-state index is 0.119. The summed E-state index contributed by atoms with van der Waals surface area (Å²) in [5, 5.41) is 2.72. The Bertz CT molecular complexity index is 561. The van der Waals surface area contributed by atoms with Gasteiger partial charge in [-0.15, -0.1) is 0 Å². The monoisotopic (exact) mass is 277 g/mol. The van der Waals surface area contributed by atoms with E-state index in [9.17, 15) is 4.39 Å². The molecular formula is C14H16FN3O2. The zero-order chi connectivity index (χ0) is 14.4. The van der Waals surface area contributed by atoms with Gasteiger partial charge in [0.2, 0.25) is 11.8 Å². The molecule has 2 rings (SSSR count). The number of aromatic nitrogens is 2. The molecule has 1 heterocycles. The average Bonchev–Trinajstić information content (AvgIpc) is 2.49. The Balaban J connectivity index is 2.09. The fourth-order valence-corrected chi connectivity index (χ4v) is 1.48. The van der Waals surface area contributed by atoms with Crippen molar-refractivity contribution < 1.29 is 13.9 Å². The largest absolute Gasteiger partial charge is 0.494 e. The Kier molecular flexibility index (Phi) is 4.70. The second-order valence-electron chi connectivity index (χ2n) is 4.02. The van der Waals surface area contributed by atoms with Crippen LogP contribution in [0.25, 0.3) is 0 Å². The third kappa shape index (κ3) is 3.57. The highest BCUT2D eigenvalue weighted by atomic mass is 19.1. The van der Waals surface area contributed by atoms with E-state index >= 15 is 0 Å². The van der Waals surface area contributed by atoms with Gasteiger partial charge in [0.1, 0.15) is 11.5 Å². The number of hydrogen-bond acceptors (Lipinski definition) is 5. The SMILES string of the molecule is CCCOc1ccc(Oc2nc(NC)ncc2F)cc1. The molecule has 0 unspecified atom stereocenters. The first-order valence-corrected chi connectivity index (χ1v) is 6.34. The van der Waals surface area contributed by atoms with Crippen LogP contribution >= 0.6 is 0 Å². The summed E-state index contributed by atoms with van der Waals surface area (Å²) in [5.74, 6) is 0.790. The molecule has 0 amide bonds. The molecule has 6 heteroatoms. The second-order valence-corrected chi connectivity index (χ2v) is 4.02. The van der Waals surface area contributed by atoms with Crippen molar-refractivity contribution in [2.75, 3.05) is 19.0 Å².